The Bertz CT molecular complexity index is 468. The molecule has 0 bridgehead atoms. The highest BCUT2D eigenvalue weighted by Crippen LogP contribution is 2.28. The van der Waals surface area contributed by atoms with Crippen LogP contribution in [0.5, 0.6) is 11.5 Å². The molecule has 5 heteroatoms. The van der Waals surface area contributed by atoms with E-state index in [1.54, 1.807) is 14.2 Å². The van der Waals surface area contributed by atoms with Gasteiger partial charge in [-0.25, -0.2) is 0 Å². The zero-order valence-corrected chi connectivity index (χ0v) is 14.2. The summed E-state index contributed by atoms with van der Waals surface area (Å²) in [5.41, 5.74) is 2.01. The van der Waals surface area contributed by atoms with Crippen molar-refractivity contribution < 1.29 is 18.9 Å². The van der Waals surface area contributed by atoms with Crippen LogP contribution in [0.4, 0.5) is 0 Å². The molecular formula is C17H27NO4. The summed E-state index contributed by atoms with van der Waals surface area (Å²) in [5.74, 6) is 1.41. The summed E-state index contributed by atoms with van der Waals surface area (Å²) in [7, 11) is 3.26. The van der Waals surface area contributed by atoms with E-state index in [1.165, 1.54) is 0 Å². The van der Waals surface area contributed by atoms with Gasteiger partial charge in [-0.1, -0.05) is 6.92 Å². The first kappa shape index (κ1) is 18.5. The summed E-state index contributed by atoms with van der Waals surface area (Å²) < 4.78 is 21.6. The summed E-state index contributed by atoms with van der Waals surface area (Å²) in [5, 5.41) is 0. The summed E-state index contributed by atoms with van der Waals surface area (Å²) in [6.45, 7) is 7.68. The van der Waals surface area contributed by atoms with Crippen LogP contribution in [0.1, 0.15) is 32.8 Å². The van der Waals surface area contributed by atoms with Gasteiger partial charge < -0.3 is 18.9 Å². The highest BCUT2D eigenvalue weighted by atomic mass is 16.7. The molecule has 0 aromatic heterocycles. The Kier molecular flexibility index (Phi) is 8.55. The first-order chi connectivity index (χ1) is 10.7. The minimum atomic E-state index is -0.295. The number of aliphatic imine (C=N–C) groups is 1. The molecule has 0 atom stereocenters. The average molecular weight is 309 g/mol. The maximum atomic E-state index is 5.52. The Balaban J connectivity index is 2.92. The summed E-state index contributed by atoms with van der Waals surface area (Å²) in [4.78, 5) is 4.65. The number of ether oxygens (including phenoxy) is 4. The maximum Gasteiger partial charge on any atom is 0.176 e. The Morgan fingerprint density at radius 1 is 1.00 bits per heavy atom. The monoisotopic (exact) mass is 309 g/mol. The van der Waals surface area contributed by atoms with Crippen LogP contribution in [0.2, 0.25) is 0 Å². The van der Waals surface area contributed by atoms with E-state index in [2.05, 4.69) is 11.9 Å². The second kappa shape index (κ2) is 10.2. The Labute approximate surface area is 133 Å². The van der Waals surface area contributed by atoms with E-state index in [0.717, 1.165) is 17.7 Å². The van der Waals surface area contributed by atoms with Crippen molar-refractivity contribution in [3.63, 3.8) is 0 Å². The summed E-state index contributed by atoms with van der Waals surface area (Å²) >= 11 is 0. The molecule has 0 spiro atoms. The predicted octanol–water partition coefficient (Wildman–Crippen LogP) is 3.30. The molecule has 0 N–H and O–H groups in total. The van der Waals surface area contributed by atoms with E-state index >= 15 is 0 Å². The van der Waals surface area contributed by atoms with E-state index in [-0.39, 0.29) is 6.29 Å². The molecule has 0 aliphatic heterocycles. The van der Waals surface area contributed by atoms with Crippen molar-refractivity contribution in [2.45, 2.75) is 33.5 Å². The summed E-state index contributed by atoms with van der Waals surface area (Å²) in [6.07, 6.45) is 0.525. The minimum absolute atomic E-state index is 0.295. The fourth-order valence-corrected chi connectivity index (χ4v) is 2.13. The van der Waals surface area contributed by atoms with E-state index in [0.29, 0.717) is 31.3 Å². The van der Waals surface area contributed by atoms with E-state index in [1.807, 2.05) is 32.0 Å². The quantitative estimate of drug-likeness (QED) is 0.491. The number of hydrogen-bond donors (Lipinski definition) is 0. The lowest BCUT2D eigenvalue weighted by Gasteiger charge is -2.16. The first-order valence-corrected chi connectivity index (χ1v) is 7.68. The van der Waals surface area contributed by atoms with E-state index in [9.17, 15) is 0 Å². The molecule has 0 saturated carbocycles. The molecule has 0 saturated heterocycles. The molecule has 0 amide bonds. The molecule has 0 heterocycles. The van der Waals surface area contributed by atoms with Crippen molar-refractivity contribution in [1.29, 1.82) is 0 Å². The number of methoxy groups -OCH3 is 2. The Morgan fingerprint density at radius 3 is 2.14 bits per heavy atom. The van der Waals surface area contributed by atoms with Gasteiger partial charge in [-0.15, -0.1) is 0 Å². The molecule has 1 aromatic carbocycles. The van der Waals surface area contributed by atoms with Gasteiger partial charge in [-0.3, -0.25) is 4.99 Å². The molecule has 0 unspecified atom stereocenters. The van der Waals surface area contributed by atoms with Gasteiger partial charge in [-0.2, -0.15) is 0 Å². The van der Waals surface area contributed by atoms with Crippen LogP contribution < -0.4 is 9.47 Å². The van der Waals surface area contributed by atoms with Gasteiger partial charge in [0.25, 0.3) is 0 Å². The molecule has 0 aliphatic rings. The predicted molar refractivity (Wildman–Crippen MR) is 88.3 cm³/mol. The zero-order chi connectivity index (χ0) is 16.4. The third-order valence-electron chi connectivity index (χ3n) is 3.19. The van der Waals surface area contributed by atoms with Crippen LogP contribution in [0.25, 0.3) is 0 Å². The van der Waals surface area contributed by atoms with Gasteiger partial charge in [0.1, 0.15) is 0 Å². The fraction of sp³-hybridized carbons (Fsp3) is 0.588. The van der Waals surface area contributed by atoms with E-state index < -0.39 is 0 Å². The standard InChI is InChI=1S/C17H27NO4/c1-6-14(18-12-17(21-7-2)22-8-3)13-9-10-15(19-4)16(11-13)20-5/h9-11,17H,6-8,12H2,1-5H3/b18-14+. The lowest BCUT2D eigenvalue weighted by Crippen LogP contribution is -2.21. The first-order valence-electron chi connectivity index (χ1n) is 7.68. The molecule has 22 heavy (non-hydrogen) atoms. The van der Waals surface area contributed by atoms with Gasteiger partial charge >= 0.3 is 0 Å². The number of benzene rings is 1. The highest BCUT2D eigenvalue weighted by Gasteiger charge is 2.10. The fourth-order valence-electron chi connectivity index (χ4n) is 2.13. The van der Waals surface area contributed by atoms with Crippen LogP contribution in [-0.4, -0.2) is 46.0 Å². The maximum absolute atomic E-state index is 5.52. The Hall–Kier alpha value is -1.59. The topological polar surface area (TPSA) is 49.3 Å². The minimum Gasteiger partial charge on any atom is -0.493 e. The highest BCUT2D eigenvalue weighted by molar-refractivity contribution is 6.00. The second-order valence-corrected chi connectivity index (χ2v) is 4.55. The molecule has 5 nitrogen and oxygen atoms in total. The molecule has 0 aliphatic carbocycles. The molecule has 0 fully saturated rings. The van der Waals surface area contributed by atoms with Gasteiger partial charge in [0.05, 0.1) is 20.8 Å². The van der Waals surface area contributed by atoms with Crippen LogP contribution in [0.15, 0.2) is 23.2 Å². The Morgan fingerprint density at radius 2 is 1.64 bits per heavy atom. The third-order valence-corrected chi connectivity index (χ3v) is 3.19. The van der Waals surface area contributed by atoms with Crippen molar-refractivity contribution in [2.75, 3.05) is 34.0 Å². The largest absolute Gasteiger partial charge is 0.493 e. The second-order valence-electron chi connectivity index (χ2n) is 4.55. The SMILES string of the molecule is CCOC(C/N=C(\CC)c1ccc(OC)c(OC)c1)OCC. The van der Waals surface area contributed by atoms with Crippen LogP contribution in [0.3, 0.4) is 0 Å². The van der Waals surface area contributed by atoms with Crippen LogP contribution in [-0.2, 0) is 9.47 Å². The number of rotatable bonds is 10. The smallest absolute Gasteiger partial charge is 0.176 e. The van der Waals surface area contributed by atoms with Crippen molar-refractivity contribution in [3.05, 3.63) is 23.8 Å². The van der Waals surface area contributed by atoms with Gasteiger partial charge in [0.2, 0.25) is 0 Å². The lowest BCUT2D eigenvalue weighted by molar-refractivity contribution is -0.128. The summed E-state index contributed by atoms with van der Waals surface area (Å²) in [6, 6.07) is 5.82. The molecule has 1 aromatic rings. The zero-order valence-electron chi connectivity index (χ0n) is 14.2. The van der Waals surface area contributed by atoms with Gasteiger partial charge in [0, 0.05) is 18.9 Å². The van der Waals surface area contributed by atoms with Crippen LogP contribution >= 0.6 is 0 Å². The number of nitrogens with zero attached hydrogens (tertiary/aromatic N) is 1. The molecule has 1 rings (SSSR count). The third kappa shape index (κ3) is 5.31. The van der Waals surface area contributed by atoms with Crippen molar-refractivity contribution in [3.8, 4) is 11.5 Å². The number of hydrogen-bond acceptors (Lipinski definition) is 5. The van der Waals surface area contributed by atoms with Gasteiger partial charge in [0.15, 0.2) is 17.8 Å². The van der Waals surface area contributed by atoms with Crippen molar-refractivity contribution >= 4 is 5.71 Å². The molecule has 0 radical (unpaired) electrons. The van der Waals surface area contributed by atoms with Crippen LogP contribution in [0, 0.1) is 0 Å². The van der Waals surface area contributed by atoms with Gasteiger partial charge in [-0.05, 0) is 44.0 Å². The van der Waals surface area contributed by atoms with Crippen molar-refractivity contribution in [1.82, 2.24) is 0 Å². The normalized spacial score (nSPS) is 11.8. The van der Waals surface area contributed by atoms with E-state index in [4.69, 9.17) is 18.9 Å². The average Bonchev–Trinajstić information content (AvgIpc) is 2.55. The molecule has 124 valence electrons. The molecular weight excluding hydrogens is 282 g/mol. The van der Waals surface area contributed by atoms with Crippen molar-refractivity contribution in [2.24, 2.45) is 4.99 Å². The lowest BCUT2D eigenvalue weighted by atomic mass is 10.1.